The Bertz CT molecular complexity index is 605. The van der Waals surface area contributed by atoms with Crippen molar-refractivity contribution in [2.75, 3.05) is 0 Å². The molecule has 0 amide bonds. The highest BCUT2D eigenvalue weighted by molar-refractivity contribution is 6.30. The predicted molar refractivity (Wildman–Crippen MR) is 70.3 cm³/mol. The van der Waals surface area contributed by atoms with Crippen molar-refractivity contribution in [3.63, 3.8) is 0 Å². The van der Waals surface area contributed by atoms with Crippen LogP contribution in [0.25, 0.3) is 11.3 Å². The molecule has 0 saturated carbocycles. The summed E-state index contributed by atoms with van der Waals surface area (Å²) in [5.74, 6) is -0.906. The number of carbonyl (C=O) groups is 2. The number of hydrogen-bond acceptors (Lipinski definition) is 3. The van der Waals surface area contributed by atoms with Gasteiger partial charge >= 0.3 is 5.97 Å². The van der Waals surface area contributed by atoms with Gasteiger partial charge in [-0.15, -0.1) is 0 Å². The SMILES string of the molecule is O=Cc1cn(CCC(=O)O)nc1-c1ccc(Cl)cc1. The van der Waals surface area contributed by atoms with Gasteiger partial charge in [0.1, 0.15) is 5.69 Å². The average molecular weight is 279 g/mol. The summed E-state index contributed by atoms with van der Waals surface area (Å²) < 4.78 is 1.46. The van der Waals surface area contributed by atoms with E-state index >= 15 is 0 Å². The summed E-state index contributed by atoms with van der Waals surface area (Å²) in [4.78, 5) is 21.5. The Balaban J connectivity index is 2.31. The van der Waals surface area contributed by atoms with Crippen LogP contribution in [0.1, 0.15) is 16.8 Å². The fourth-order valence-electron chi connectivity index (χ4n) is 1.68. The van der Waals surface area contributed by atoms with Crippen LogP contribution in [0.15, 0.2) is 30.5 Å². The van der Waals surface area contributed by atoms with E-state index < -0.39 is 5.97 Å². The monoisotopic (exact) mass is 278 g/mol. The first-order valence-corrected chi connectivity index (χ1v) is 5.98. The van der Waals surface area contributed by atoms with Gasteiger partial charge in [-0.2, -0.15) is 5.10 Å². The number of nitrogens with zero attached hydrogens (tertiary/aromatic N) is 2. The van der Waals surface area contributed by atoms with Crippen molar-refractivity contribution in [1.82, 2.24) is 9.78 Å². The number of aldehydes is 1. The molecule has 1 aromatic carbocycles. The van der Waals surface area contributed by atoms with E-state index in [0.29, 0.717) is 22.6 Å². The minimum Gasteiger partial charge on any atom is -0.481 e. The Morgan fingerprint density at radius 3 is 2.63 bits per heavy atom. The number of carboxylic acid groups (broad SMARTS) is 1. The van der Waals surface area contributed by atoms with E-state index in [4.69, 9.17) is 16.7 Å². The molecule has 19 heavy (non-hydrogen) atoms. The number of aliphatic carboxylic acids is 1. The molecule has 1 heterocycles. The van der Waals surface area contributed by atoms with Crippen molar-refractivity contribution in [2.24, 2.45) is 0 Å². The zero-order valence-corrected chi connectivity index (χ0v) is 10.7. The number of aryl methyl sites for hydroxylation is 1. The van der Waals surface area contributed by atoms with E-state index in [1.54, 1.807) is 30.5 Å². The van der Waals surface area contributed by atoms with Crippen LogP contribution in [0.4, 0.5) is 0 Å². The number of carbonyl (C=O) groups excluding carboxylic acids is 1. The van der Waals surface area contributed by atoms with Crippen LogP contribution in [0.3, 0.4) is 0 Å². The average Bonchev–Trinajstić information content (AvgIpc) is 2.80. The zero-order chi connectivity index (χ0) is 13.8. The summed E-state index contributed by atoms with van der Waals surface area (Å²) >= 11 is 5.80. The summed E-state index contributed by atoms with van der Waals surface area (Å²) in [5, 5.41) is 13.5. The lowest BCUT2D eigenvalue weighted by atomic mass is 10.1. The van der Waals surface area contributed by atoms with E-state index in [9.17, 15) is 9.59 Å². The molecule has 0 saturated heterocycles. The molecule has 6 heteroatoms. The van der Waals surface area contributed by atoms with Gasteiger partial charge in [0.2, 0.25) is 0 Å². The van der Waals surface area contributed by atoms with Gasteiger partial charge < -0.3 is 5.11 Å². The maximum absolute atomic E-state index is 11.0. The molecule has 0 bridgehead atoms. The van der Waals surface area contributed by atoms with Crippen molar-refractivity contribution in [3.05, 3.63) is 41.0 Å². The summed E-state index contributed by atoms with van der Waals surface area (Å²) in [6, 6.07) is 6.95. The second kappa shape index (κ2) is 5.67. The van der Waals surface area contributed by atoms with Crippen molar-refractivity contribution in [2.45, 2.75) is 13.0 Å². The summed E-state index contributed by atoms with van der Waals surface area (Å²) in [6.07, 6.45) is 2.20. The van der Waals surface area contributed by atoms with Gasteiger partial charge in [-0.3, -0.25) is 14.3 Å². The molecule has 0 atom stereocenters. The molecule has 0 aliphatic rings. The second-order valence-corrected chi connectivity index (χ2v) is 4.40. The van der Waals surface area contributed by atoms with Crippen LogP contribution in [0, 0.1) is 0 Å². The van der Waals surface area contributed by atoms with Crippen LogP contribution in [0.5, 0.6) is 0 Å². The highest BCUT2D eigenvalue weighted by Gasteiger charge is 2.11. The third kappa shape index (κ3) is 3.20. The van der Waals surface area contributed by atoms with Gasteiger partial charge in [-0.1, -0.05) is 23.7 Å². The molecular weight excluding hydrogens is 268 g/mol. The second-order valence-electron chi connectivity index (χ2n) is 3.96. The van der Waals surface area contributed by atoms with Crippen LogP contribution >= 0.6 is 11.6 Å². The van der Waals surface area contributed by atoms with Gasteiger partial charge in [0, 0.05) is 16.8 Å². The Morgan fingerprint density at radius 2 is 2.05 bits per heavy atom. The van der Waals surface area contributed by atoms with Crippen molar-refractivity contribution < 1.29 is 14.7 Å². The van der Waals surface area contributed by atoms with E-state index in [2.05, 4.69) is 5.10 Å². The molecule has 0 aliphatic carbocycles. The molecule has 0 fully saturated rings. The van der Waals surface area contributed by atoms with Crippen molar-refractivity contribution >= 4 is 23.9 Å². The molecule has 0 unspecified atom stereocenters. The molecule has 0 aliphatic heterocycles. The van der Waals surface area contributed by atoms with Crippen LogP contribution < -0.4 is 0 Å². The number of hydrogen-bond donors (Lipinski definition) is 1. The third-order valence-electron chi connectivity index (χ3n) is 2.59. The number of carboxylic acids is 1. The van der Waals surface area contributed by atoms with E-state index in [-0.39, 0.29) is 13.0 Å². The smallest absolute Gasteiger partial charge is 0.305 e. The number of benzene rings is 1. The van der Waals surface area contributed by atoms with Crippen LogP contribution in [-0.2, 0) is 11.3 Å². The van der Waals surface area contributed by atoms with E-state index in [0.717, 1.165) is 5.56 Å². The van der Waals surface area contributed by atoms with Gasteiger partial charge in [0.15, 0.2) is 6.29 Å². The summed E-state index contributed by atoms with van der Waals surface area (Å²) in [7, 11) is 0. The molecule has 5 nitrogen and oxygen atoms in total. The van der Waals surface area contributed by atoms with Gasteiger partial charge in [0.25, 0.3) is 0 Å². The van der Waals surface area contributed by atoms with E-state index in [1.807, 2.05) is 0 Å². The third-order valence-corrected chi connectivity index (χ3v) is 2.84. The van der Waals surface area contributed by atoms with Crippen LogP contribution in [-0.4, -0.2) is 27.1 Å². The van der Waals surface area contributed by atoms with Crippen molar-refractivity contribution in [3.8, 4) is 11.3 Å². The maximum Gasteiger partial charge on any atom is 0.305 e. The highest BCUT2D eigenvalue weighted by Crippen LogP contribution is 2.22. The minimum absolute atomic E-state index is 0.0416. The molecule has 0 radical (unpaired) electrons. The molecule has 2 rings (SSSR count). The lowest BCUT2D eigenvalue weighted by Gasteiger charge is -1.99. The number of halogens is 1. The Kier molecular flexibility index (Phi) is 3.97. The molecular formula is C13H11ClN2O3. The first-order chi connectivity index (χ1) is 9.10. The topological polar surface area (TPSA) is 72.2 Å². The summed E-state index contributed by atoms with van der Waals surface area (Å²) in [5.41, 5.74) is 1.71. The first kappa shape index (κ1) is 13.3. The van der Waals surface area contributed by atoms with E-state index in [1.165, 1.54) is 4.68 Å². The van der Waals surface area contributed by atoms with Crippen LogP contribution in [0.2, 0.25) is 5.02 Å². The molecule has 1 N–H and O–H groups in total. The standard InChI is InChI=1S/C13H11ClN2O3/c14-11-3-1-9(2-4-11)13-10(8-17)7-16(15-13)6-5-12(18)19/h1-4,7-8H,5-6H2,(H,18,19). The maximum atomic E-state index is 11.0. The fraction of sp³-hybridized carbons (Fsp3) is 0.154. The Labute approximate surface area is 114 Å². The number of rotatable bonds is 5. The van der Waals surface area contributed by atoms with Gasteiger partial charge in [-0.25, -0.2) is 0 Å². The molecule has 0 spiro atoms. The lowest BCUT2D eigenvalue weighted by molar-refractivity contribution is -0.137. The first-order valence-electron chi connectivity index (χ1n) is 5.60. The molecule has 98 valence electrons. The van der Waals surface area contributed by atoms with Gasteiger partial charge in [0.05, 0.1) is 18.5 Å². The zero-order valence-electron chi connectivity index (χ0n) is 9.91. The van der Waals surface area contributed by atoms with Gasteiger partial charge in [-0.05, 0) is 12.1 Å². The Morgan fingerprint density at radius 1 is 1.37 bits per heavy atom. The lowest BCUT2D eigenvalue weighted by Crippen LogP contribution is -2.04. The fourth-order valence-corrected chi connectivity index (χ4v) is 1.81. The number of aromatic nitrogens is 2. The minimum atomic E-state index is -0.906. The highest BCUT2D eigenvalue weighted by atomic mass is 35.5. The largest absolute Gasteiger partial charge is 0.481 e. The molecule has 1 aromatic heterocycles. The Hall–Kier alpha value is -2.14. The normalized spacial score (nSPS) is 10.4. The summed E-state index contributed by atoms with van der Waals surface area (Å²) in [6.45, 7) is 0.226. The van der Waals surface area contributed by atoms with Crippen molar-refractivity contribution in [1.29, 1.82) is 0 Å². The molecule has 2 aromatic rings. The quantitative estimate of drug-likeness (QED) is 0.853. The predicted octanol–water partition coefficient (Wildman–Crippen LogP) is 2.49.